The van der Waals surface area contributed by atoms with Gasteiger partial charge >= 0.3 is 0 Å². The smallest absolute Gasteiger partial charge is 0.226 e. The molecular formula is C7H12BrNO. The summed E-state index contributed by atoms with van der Waals surface area (Å²) in [5.41, 5.74) is 0. The van der Waals surface area contributed by atoms with E-state index in [1.165, 1.54) is 0 Å². The molecule has 0 aliphatic carbocycles. The van der Waals surface area contributed by atoms with Crippen LogP contribution in [0.5, 0.6) is 0 Å². The van der Waals surface area contributed by atoms with Crippen molar-refractivity contribution in [2.75, 3.05) is 18.9 Å². The fraction of sp³-hybridized carbons (Fsp3) is 0.857. The Morgan fingerprint density at radius 2 is 2.50 bits per heavy atom. The predicted octanol–water partition coefficient (Wildman–Crippen LogP) is 1.25. The van der Waals surface area contributed by atoms with Crippen LogP contribution in [0.3, 0.4) is 0 Å². The van der Waals surface area contributed by atoms with Crippen LogP contribution in [0.4, 0.5) is 0 Å². The number of rotatable bonds is 1. The lowest BCUT2D eigenvalue weighted by atomic mass is 10.00. The van der Waals surface area contributed by atoms with Gasteiger partial charge in [-0.05, 0) is 12.8 Å². The maximum absolute atomic E-state index is 11.3. The van der Waals surface area contributed by atoms with Gasteiger partial charge in [-0.15, -0.1) is 0 Å². The van der Waals surface area contributed by atoms with Crippen molar-refractivity contribution in [3.8, 4) is 0 Å². The number of amides is 1. The van der Waals surface area contributed by atoms with Crippen LogP contribution in [0.2, 0.25) is 0 Å². The highest BCUT2D eigenvalue weighted by atomic mass is 79.9. The summed E-state index contributed by atoms with van der Waals surface area (Å²) in [6.45, 7) is 0.933. The van der Waals surface area contributed by atoms with Crippen LogP contribution in [-0.2, 0) is 4.79 Å². The van der Waals surface area contributed by atoms with Gasteiger partial charge in [0.15, 0.2) is 0 Å². The molecular weight excluding hydrogens is 194 g/mol. The number of carbonyl (C=O) groups is 1. The first-order valence-corrected chi connectivity index (χ1v) is 4.69. The summed E-state index contributed by atoms with van der Waals surface area (Å²) >= 11 is 3.33. The van der Waals surface area contributed by atoms with Gasteiger partial charge in [0.25, 0.3) is 0 Å². The Labute approximate surface area is 69.7 Å². The minimum Gasteiger partial charge on any atom is -0.345 e. The van der Waals surface area contributed by atoms with Crippen molar-refractivity contribution in [2.45, 2.75) is 12.8 Å². The third kappa shape index (κ3) is 1.51. The Bertz CT molecular complexity index is 138. The highest BCUT2D eigenvalue weighted by Crippen LogP contribution is 2.17. The standard InChI is InChI=1S/C7H12BrNO/c1-9-4-2-3-6(5-8)7(9)10/h6H,2-5H2,1H3/t6-/m1/s1. The Morgan fingerprint density at radius 1 is 1.80 bits per heavy atom. The predicted molar refractivity (Wildman–Crippen MR) is 44.2 cm³/mol. The fourth-order valence-electron chi connectivity index (χ4n) is 1.26. The van der Waals surface area contributed by atoms with Crippen LogP contribution in [-0.4, -0.2) is 29.7 Å². The normalized spacial score (nSPS) is 27.2. The molecule has 1 aliphatic heterocycles. The SMILES string of the molecule is CN1CCC[C@H](CBr)C1=O. The molecule has 0 aromatic rings. The summed E-state index contributed by atoms with van der Waals surface area (Å²) in [6.07, 6.45) is 2.20. The van der Waals surface area contributed by atoms with E-state index in [1.807, 2.05) is 11.9 Å². The molecule has 0 aromatic carbocycles. The lowest BCUT2D eigenvalue weighted by Gasteiger charge is -2.27. The van der Waals surface area contributed by atoms with Crippen molar-refractivity contribution >= 4 is 21.8 Å². The second-order valence-electron chi connectivity index (χ2n) is 2.75. The zero-order valence-corrected chi connectivity index (χ0v) is 7.73. The van der Waals surface area contributed by atoms with E-state index >= 15 is 0 Å². The van der Waals surface area contributed by atoms with Gasteiger partial charge < -0.3 is 4.90 Å². The number of hydrogen-bond donors (Lipinski definition) is 0. The van der Waals surface area contributed by atoms with E-state index in [-0.39, 0.29) is 5.92 Å². The molecule has 0 aromatic heterocycles. The fourth-order valence-corrected chi connectivity index (χ4v) is 1.86. The van der Waals surface area contributed by atoms with E-state index in [4.69, 9.17) is 0 Å². The molecule has 1 amide bonds. The summed E-state index contributed by atoms with van der Waals surface area (Å²) in [4.78, 5) is 13.1. The van der Waals surface area contributed by atoms with Gasteiger partial charge in [0, 0.05) is 24.8 Å². The van der Waals surface area contributed by atoms with E-state index < -0.39 is 0 Å². The Balaban J connectivity index is 2.51. The Morgan fingerprint density at radius 3 is 3.00 bits per heavy atom. The number of alkyl halides is 1. The van der Waals surface area contributed by atoms with Gasteiger partial charge in [0.1, 0.15) is 0 Å². The van der Waals surface area contributed by atoms with Gasteiger partial charge in [-0.1, -0.05) is 15.9 Å². The Kier molecular flexibility index (Phi) is 2.72. The molecule has 58 valence electrons. The first-order chi connectivity index (χ1) is 4.75. The van der Waals surface area contributed by atoms with Gasteiger partial charge in [-0.3, -0.25) is 4.79 Å². The van der Waals surface area contributed by atoms with Crippen molar-refractivity contribution in [2.24, 2.45) is 5.92 Å². The zero-order valence-electron chi connectivity index (χ0n) is 6.14. The van der Waals surface area contributed by atoms with Crippen LogP contribution in [0, 0.1) is 5.92 Å². The monoisotopic (exact) mass is 205 g/mol. The molecule has 1 fully saturated rings. The van der Waals surface area contributed by atoms with Crippen LogP contribution in [0.25, 0.3) is 0 Å². The lowest BCUT2D eigenvalue weighted by molar-refractivity contribution is -0.135. The van der Waals surface area contributed by atoms with Crippen molar-refractivity contribution in [3.63, 3.8) is 0 Å². The highest BCUT2D eigenvalue weighted by molar-refractivity contribution is 9.09. The molecule has 0 unspecified atom stereocenters. The van der Waals surface area contributed by atoms with Crippen LogP contribution >= 0.6 is 15.9 Å². The lowest BCUT2D eigenvalue weighted by Crippen LogP contribution is -2.38. The number of piperidine rings is 1. The minimum absolute atomic E-state index is 0.235. The number of halogens is 1. The quantitative estimate of drug-likeness (QED) is 0.591. The number of hydrogen-bond acceptors (Lipinski definition) is 1. The van der Waals surface area contributed by atoms with E-state index in [2.05, 4.69) is 15.9 Å². The molecule has 0 bridgehead atoms. The molecule has 1 rings (SSSR count). The van der Waals surface area contributed by atoms with E-state index in [1.54, 1.807) is 0 Å². The van der Waals surface area contributed by atoms with Crippen LogP contribution < -0.4 is 0 Å². The van der Waals surface area contributed by atoms with E-state index in [9.17, 15) is 4.79 Å². The summed E-state index contributed by atoms with van der Waals surface area (Å²) in [5, 5.41) is 0.816. The maximum atomic E-state index is 11.3. The average molecular weight is 206 g/mol. The third-order valence-corrected chi connectivity index (χ3v) is 2.74. The largest absolute Gasteiger partial charge is 0.345 e. The summed E-state index contributed by atoms with van der Waals surface area (Å²) in [6, 6.07) is 0. The van der Waals surface area contributed by atoms with Crippen molar-refractivity contribution in [1.29, 1.82) is 0 Å². The average Bonchev–Trinajstić information content (AvgIpc) is 1.95. The highest BCUT2D eigenvalue weighted by Gasteiger charge is 2.24. The molecule has 3 heteroatoms. The summed E-state index contributed by atoms with van der Waals surface area (Å²) < 4.78 is 0. The first-order valence-electron chi connectivity index (χ1n) is 3.56. The third-order valence-electron chi connectivity index (χ3n) is 1.96. The van der Waals surface area contributed by atoms with Gasteiger partial charge in [-0.2, -0.15) is 0 Å². The number of nitrogens with zero attached hydrogens (tertiary/aromatic N) is 1. The first kappa shape index (κ1) is 8.05. The Hall–Kier alpha value is -0.0500. The number of likely N-dealkylation sites (tertiary alicyclic amines) is 1. The second kappa shape index (κ2) is 3.37. The van der Waals surface area contributed by atoms with Gasteiger partial charge in [0.05, 0.1) is 0 Å². The van der Waals surface area contributed by atoms with Crippen molar-refractivity contribution in [3.05, 3.63) is 0 Å². The molecule has 1 atom stereocenters. The molecule has 10 heavy (non-hydrogen) atoms. The van der Waals surface area contributed by atoms with Crippen molar-refractivity contribution in [1.82, 2.24) is 4.90 Å². The van der Waals surface area contributed by atoms with Gasteiger partial charge in [0.2, 0.25) is 5.91 Å². The molecule has 0 N–H and O–H groups in total. The molecule has 1 saturated heterocycles. The van der Waals surface area contributed by atoms with E-state index in [0.717, 1.165) is 24.7 Å². The van der Waals surface area contributed by atoms with Crippen LogP contribution in [0.15, 0.2) is 0 Å². The molecule has 1 aliphatic rings. The number of carbonyl (C=O) groups excluding carboxylic acids is 1. The maximum Gasteiger partial charge on any atom is 0.226 e. The molecule has 0 spiro atoms. The molecule has 2 nitrogen and oxygen atoms in total. The molecule has 0 radical (unpaired) electrons. The van der Waals surface area contributed by atoms with Crippen molar-refractivity contribution < 1.29 is 4.79 Å². The molecule has 0 saturated carbocycles. The topological polar surface area (TPSA) is 20.3 Å². The summed E-state index contributed by atoms with van der Waals surface area (Å²) in [7, 11) is 1.87. The van der Waals surface area contributed by atoms with E-state index in [0.29, 0.717) is 5.91 Å². The van der Waals surface area contributed by atoms with Crippen LogP contribution in [0.1, 0.15) is 12.8 Å². The second-order valence-corrected chi connectivity index (χ2v) is 3.40. The molecule has 1 heterocycles. The summed E-state index contributed by atoms with van der Waals surface area (Å²) in [5.74, 6) is 0.530. The zero-order chi connectivity index (χ0) is 7.56. The minimum atomic E-state index is 0.235. The van der Waals surface area contributed by atoms with Gasteiger partial charge in [-0.25, -0.2) is 0 Å².